The molecule has 0 spiro atoms. The summed E-state index contributed by atoms with van der Waals surface area (Å²) in [6.07, 6.45) is 4.04. The maximum Gasteiger partial charge on any atom is 0.123 e. The van der Waals surface area contributed by atoms with Gasteiger partial charge in [-0.2, -0.15) is 0 Å². The summed E-state index contributed by atoms with van der Waals surface area (Å²) >= 11 is 0. The zero-order valence-electron chi connectivity index (χ0n) is 13.1. The molecule has 1 rings (SSSR count). The molecule has 1 nitrogen and oxygen atoms in total. The first-order chi connectivity index (χ1) is 8.90. The first kappa shape index (κ1) is 15.8. The number of benzene rings is 1. The smallest absolute Gasteiger partial charge is 0.123 e. The van der Waals surface area contributed by atoms with Crippen LogP contribution in [0.4, 0.5) is 0 Å². The van der Waals surface area contributed by atoms with Crippen LogP contribution in [0.5, 0.6) is 5.75 Å². The highest BCUT2D eigenvalue weighted by Gasteiger charge is 2.20. The van der Waals surface area contributed by atoms with Crippen LogP contribution in [0.1, 0.15) is 64.5 Å². The molecule has 0 N–H and O–H groups in total. The molecule has 0 amide bonds. The molecule has 0 heterocycles. The van der Waals surface area contributed by atoms with E-state index < -0.39 is 0 Å². The standard InChI is InChI=1S/C18H28O/c1-7-9-14(3)15-10-11-17(19-12-8-2)16(13-15)18(4,5)6/h7,10-11,13-14H,1,8-9,12H2,2-6H3. The fraction of sp³-hybridized carbons (Fsp3) is 0.556. The molecular weight excluding hydrogens is 232 g/mol. The van der Waals surface area contributed by atoms with Crippen LogP contribution in [0.15, 0.2) is 30.9 Å². The molecule has 0 aliphatic heterocycles. The fourth-order valence-corrected chi connectivity index (χ4v) is 2.16. The Morgan fingerprint density at radius 1 is 1.32 bits per heavy atom. The van der Waals surface area contributed by atoms with Crippen LogP contribution in [0, 0.1) is 0 Å². The Kier molecular flexibility index (Phi) is 5.65. The summed E-state index contributed by atoms with van der Waals surface area (Å²) in [7, 11) is 0. The van der Waals surface area contributed by atoms with E-state index in [2.05, 4.69) is 59.4 Å². The molecule has 1 atom stereocenters. The lowest BCUT2D eigenvalue weighted by Crippen LogP contribution is -2.14. The predicted octanol–water partition coefficient (Wildman–Crippen LogP) is 5.45. The second kappa shape index (κ2) is 6.79. The number of allylic oxidation sites excluding steroid dienone is 1. The fourth-order valence-electron chi connectivity index (χ4n) is 2.16. The van der Waals surface area contributed by atoms with Crippen LogP contribution in [0.25, 0.3) is 0 Å². The Morgan fingerprint density at radius 2 is 2.00 bits per heavy atom. The highest BCUT2D eigenvalue weighted by molar-refractivity contribution is 5.42. The molecular formula is C18H28O. The van der Waals surface area contributed by atoms with E-state index in [-0.39, 0.29) is 5.41 Å². The van der Waals surface area contributed by atoms with Gasteiger partial charge >= 0.3 is 0 Å². The van der Waals surface area contributed by atoms with E-state index in [9.17, 15) is 0 Å². The zero-order valence-corrected chi connectivity index (χ0v) is 13.1. The summed E-state index contributed by atoms with van der Waals surface area (Å²) in [5.74, 6) is 1.54. The van der Waals surface area contributed by atoms with Gasteiger partial charge in [-0.1, -0.05) is 52.8 Å². The Balaban J connectivity index is 3.11. The molecule has 106 valence electrons. The lowest BCUT2D eigenvalue weighted by molar-refractivity contribution is 0.308. The summed E-state index contributed by atoms with van der Waals surface area (Å²) in [4.78, 5) is 0. The lowest BCUT2D eigenvalue weighted by atomic mass is 9.83. The monoisotopic (exact) mass is 260 g/mol. The van der Waals surface area contributed by atoms with Gasteiger partial charge in [-0.25, -0.2) is 0 Å². The van der Waals surface area contributed by atoms with Gasteiger partial charge in [-0.15, -0.1) is 6.58 Å². The van der Waals surface area contributed by atoms with Crippen LogP contribution in [-0.2, 0) is 5.41 Å². The first-order valence-electron chi connectivity index (χ1n) is 7.28. The molecule has 0 aliphatic carbocycles. The van der Waals surface area contributed by atoms with Crippen molar-refractivity contribution >= 4 is 0 Å². The third kappa shape index (κ3) is 4.41. The van der Waals surface area contributed by atoms with Gasteiger partial charge in [-0.05, 0) is 41.4 Å². The van der Waals surface area contributed by atoms with Gasteiger partial charge in [0.15, 0.2) is 0 Å². The molecule has 0 saturated heterocycles. The second-order valence-corrected chi connectivity index (χ2v) is 6.28. The minimum Gasteiger partial charge on any atom is -0.493 e. The van der Waals surface area contributed by atoms with E-state index >= 15 is 0 Å². The van der Waals surface area contributed by atoms with Crippen LogP contribution < -0.4 is 4.74 Å². The highest BCUT2D eigenvalue weighted by Crippen LogP contribution is 2.34. The summed E-state index contributed by atoms with van der Waals surface area (Å²) in [5, 5.41) is 0. The van der Waals surface area contributed by atoms with Gasteiger partial charge in [0, 0.05) is 0 Å². The normalized spacial score (nSPS) is 13.1. The molecule has 19 heavy (non-hydrogen) atoms. The van der Waals surface area contributed by atoms with Crippen LogP contribution >= 0.6 is 0 Å². The number of hydrogen-bond donors (Lipinski definition) is 0. The Hall–Kier alpha value is -1.24. The third-order valence-corrected chi connectivity index (χ3v) is 3.36. The van der Waals surface area contributed by atoms with Crippen molar-refractivity contribution in [2.75, 3.05) is 6.61 Å². The SMILES string of the molecule is C=CCC(C)c1ccc(OCCC)c(C(C)(C)C)c1. The van der Waals surface area contributed by atoms with Gasteiger partial charge in [0.05, 0.1) is 6.61 Å². The molecule has 0 fully saturated rings. The van der Waals surface area contributed by atoms with Gasteiger partial charge < -0.3 is 4.74 Å². The molecule has 1 aromatic rings. The van der Waals surface area contributed by atoms with E-state index in [4.69, 9.17) is 4.74 Å². The first-order valence-corrected chi connectivity index (χ1v) is 7.28. The number of hydrogen-bond acceptors (Lipinski definition) is 1. The van der Waals surface area contributed by atoms with Crippen molar-refractivity contribution in [3.8, 4) is 5.75 Å². The minimum atomic E-state index is 0.104. The van der Waals surface area contributed by atoms with Crippen LogP contribution in [0.2, 0.25) is 0 Å². The van der Waals surface area contributed by atoms with Crippen LogP contribution in [-0.4, -0.2) is 6.61 Å². The summed E-state index contributed by atoms with van der Waals surface area (Å²) in [6, 6.07) is 6.62. The van der Waals surface area contributed by atoms with E-state index in [1.807, 2.05) is 6.08 Å². The minimum absolute atomic E-state index is 0.104. The van der Waals surface area contributed by atoms with Crippen molar-refractivity contribution in [2.24, 2.45) is 0 Å². The van der Waals surface area contributed by atoms with Gasteiger partial charge in [0.1, 0.15) is 5.75 Å². The lowest BCUT2D eigenvalue weighted by Gasteiger charge is -2.24. The van der Waals surface area contributed by atoms with Crippen molar-refractivity contribution in [3.05, 3.63) is 42.0 Å². The molecule has 1 heteroatoms. The molecule has 0 saturated carbocycles. The van der Waals surface area contributed by atoms with Crippen molar-refractivity contribution in [2.45, 2.75) is 58.8 Å². The van der Waals surface area contributed by atoms with E-state index in [0.29, 0.717) is 5.92 Å². The maximum atomic E-state index is 5.89. The Bertz CT molecular complexity index is 412. The van der Waals surface area contributed by atoms with Crippen LogP contribution in [0.3, 0.4) is 0 Å². The number of ether oxygens (including phenoxy) is 1. The average Bonchev–Trinajstić information content (AvgIpc) is 2.35. The van der Waals surface area contributed by atoms with Crippen molar-refractivity contribution in [1.82, 2.24) is 0 Å². The summed E-state index contributed by atoms with van der Waals surface area (Å²) in [6.45, 7) is 15.7. The molecule has 0 bridgehead atoms. The summed E-state index contributed by atoms with van der Waals surface area (Å²) < 4.78 is 5.89. The van der Waals surface area contributed by atoms with Crippen molar-refractivity contribution in [3.63, 3.8) is 0 Å². The van der Waals surface area contributed by atoms with E-state index in [0.717, 1.165) is 25.2 Å². The highest BCUT2D eigenvalue weighted by atomic mass is 16.5. The molecule has 1 aromatic carbocycles. The topological polar surface area (TPSA) is 9.23 Å². The van der Waals surface area contributed by atoms with Crippen molar-refractivity contribution in [1.29, 1.82) is 0 Å². The predicted molar refractivity (Wildman–Crippen MR) is 84.2 cm³/mol. The van der Waals surface area contributed by atoms with Crippen molar-refractivity contribution < 1.29 is 4.74 Å². The van der Waals surface area contributed by atoms with E-state index in [1.54, 1.807) is 0 Å². The molecule has 1 unspecified atom stereocenters. The summed E-state index contributed by atoms with van der Waals surface area (Å²) in [5.41, 5.74) is 2.77. The van der Waals surface area contributed by atoms with Gasteiger partial charge in [0.25, 0.3) is 0 Å². The van der Waals surface area contributed by atoms with E-state index in [1.165, 1.54) is 11.1 Å². The molecule has 0 aromatic heterocycles. The molecule has 0 radical (unpaired) electrons. The second-order valence-electron chi connectivity index (χ2n) is 6.28. The Morgan fingerprint density at radius 3 is 2.53 bits per heavy atom. The maximum absolute atomic E-state index is 5.89. The quantitative estimate of drug-likeness (QED) is 0.618. The van der Waals surface area contributed by atoms with Gasteiger partial charge in [-0.3, -0.25) is 0 Å². The van der Waals surface area contributed by atoms with Gasteiger partial charge in [0.2, 0.25) is 0 Å². The largest absolute Gasteiger partial charge is 0.493 e. The molecule has 0 aliphatic rings. The average molecular weight is 260 g/mol. The Labute approximate surface area is 118 Å². The third-order valence-electron chi connectivity index (χ3n) is 3.36. The number of rotatable bonds is 6. The zero-order chi connectivity index (χ0) is 14.5.